The van der Waals surface area contributed by atoms with Crippen LogP contribution in [0.25, 0.3) is 11.4 Å². The van der Waals surface area contributed by atoms with Crippen molar-refractivity contribution < 1.29 is 22.5 Å². The lowest BCUT2D eigenvalue weighted by Crippen LogP contribution is -2.39. The van der Waals surface area contributed by atoms with Crippen LogP contribution in [0.2, 0.25) is 0 Å². The second-order valence-electron chi connectivity index (χ2n) is 6.58. The number of nitrogens with zero attached hydrogens (tertiary/aromatic N) is 4. The monoisotopic (exact) mass is 368 g/mol. The van der Waals surface area contributed by atoms with Gasteiger partial charge in [-0.1, -0.05) is 29.4 Å². The summed E-state index contributed by atoms with van der Waals surface area (Å²) in [6.07, 6.45) is -2.31. The molecule has 0 spiro atoms. The maximum Gasteiger partial charge on any atom is 0.471 e. The highest BCUT2D eigenvalue weighted by Crippen LogP contribution is 2.30. The summed E-state index contributed by atoms with van der Waals surface area (Å²) < 4.78 is 41.8. The van der Waals surface area contributed by atoms with Gasteiger partial charge in [0.1, 0.15) is 0 Å². The summed E-state index contributed by atoms with van der Waals surface area (Å²) in [5, 5.41) is 3.35. The van der Waals surface area contributed by atoms with Crippen molar-refractivity contribution in [1.29, 1.82) is 0 Å². The molecule has 140 valence electrons. The van der Waals surface area contributed by atoms with Gasteiger partial charge in [-0.05, 0) is 24.3 Å². The number of hydrogen-bond acceptors (Lipinski definition) is 4. The molecule has 0 saturated heterocycles. The largest absolute Gasteiger partial charge is 0.471 e. The number of halogens is 3. The maximum atomic E-state index is 12.5. The van der Waals surface area contributed by atoms with Crippen LogP contribution in [-0.2, 0) is 12.7 Å². The highest BCUT2D eigenvalue weighted by molar-refractivity contribution is 5.74. The average Bonchev–Trinajstić information content (AvgIpc) is 3.24. The molecule has 2 amide bonds. The van der Waals surface area contributed by atoms with Crippen LogP contribution in [0.3, 0.4) is 0 Å². The van der Waals surface area contributed by atoms with Crippen molar-refractivity contribution in [2.24, 2.45) is 5.92 Å². The van der Waals surface area contributed by atoms with Crippen molar-refractivity contribution in [2.75, 3.05) is 20.6 Å². The number of amides is 2. The van der Waals surface area contributed by atoms with Crippen LogP contribution >= 0.6 is 0 Å². The molecule has 0 atom stereocenters. The molecule has 1 aliphatic rings. The molecule has 3 rings (SSSR count). The molecule has 0 bridgehead atoms. The van der Waals surface area contributed by atoms with Crippen molar-refractivity contribution in [3.63, 3.8) is 0 Å². The van der Waals surface area contributed by atoms with Gasteiger partial charge in [0.05, 0.1) is 0 Å². The summed E-state index contributed by atoms with van der Waals surface area (Å²) in [5.41, 5.74) is 1.26. The molecule has 1 aromatic heterocycles. The lowest BCUT2D eigenvalue weighted by atomic mass is 10.1. The summed E-state index contributed by atoms with van der Waals surface area (Å²) in [6, 6.07) is 6.60. The lowest BCUT2D eigenvalue weighted by molar-refractivity contribution is -0.159. The summed E-state index contributed by atoms with van der Waals surface area (Å²) >= 11 is 0. The van der Waals surface area contributed by atoms with Gasteiger partial charge in [-0.25, -0.2) is 4.79 Å². The Kier molecular flexibility index (Phi) is 4.88. The van der Waals surface area contributed by atoms with Crippen molar-refractivity contribution in [1.82, 2.24) is 19.9 Å². The van der Waals surface area contributed by atoms with Gasteiger partial charge < -0.3 is 14.3 Å². The van der Waals surface area contributed by atoms with Gasteiger partial charge in [-0.2, -0.15) is 18.2 Å². The standard InChI is InChI=1S/C17H19F3N4O2/c1-23(9-11-3-4-11)16(25)24(2)10-12-5-7-13(8-6-12)14-21-15(26-22-14)17(18,19)20/h5-8,11H,3-4,9-10H2,1-2H3. The zero-order valence-corrected chi connectivity index (χ0v) is 14.5. The second-order valence-corrected chi connectivity index (χ2v) is 6.58. The minimum Gasteiger partial charge on any atom is -0.329 e. The van der Waals surface area contributed by atoms with Gasteiger partial charge in [0.15, 0.2) is 0 Å². The predicted molar refractivity (Wildman–Crippen MR) is 87.0 cm³/mol. The van der Waals surface area contributed by atoms with Gasteiger partial charge in [0.2, 0.25) is 5.82 Å². The van der Waals surface area contributed by atoms with Crippen LogP contribution in [0.4, 0.5) is 18.0 Å². The zero-order valence-electron chi connectivity index (χ0n) is 14.5. The zero-order chi connectivity index (χ0) is 18.9. The molecule has 9 heteroatoms. The van der Waals surface area contributed by atoms with E-state index in [-0.39, 0.29) is 11.9 Å². The normalized spacial score (nSPS) is 14.3. The first kappa shape index (κ1) is 18.2. The molecule has 6 nitrogen and oxygen atoms in total. The smallest absolute Gasteiger partial charge is 0.329 e. The fourth-order valence-electron chi connectivity index (χ4n) is 2.61. The first-order chi connectivity index (χ1) is 12.2. The molecule has 1 heterocycles. The van der Waals surface area contributed by atoms with Crippen LogP contribution in [0.5, 0.6) is 0 Å². The minimum atomic E-state index is -4.67. The van der Waals surface area contributed by atoms with Crippen molar-refractivity contribution in [3.8, 4) is 11.4 Å². The fourth-order valence-corrected chi connectivity index (χ4v) is 2.61. The van der Waals surface area contributed by atoms with Gasteiger partial charge >= 0.3 is 18.1 Å². The van der Waals surface area contributed by atoms with Gasteiger partial charge in [0, 0.05) is 32.7 Å². The molecular weight excluding hydrogens is 349 g/mol. The van der Waals surface area contributed by atoms with Crippen LogP contribution < -0.4 is 0 Å². The highest BCUT2D eigenvalue weighted by Gasteiger charge is 2.38. The summed E-state index contributed by atoms with van der Waals surface area (Å²) in [6.45, 7) is 1.16. The average molecular weight is 368 g/mol. The van der Waals surface area contributed by atoms with E-state index >= 15 is 0 Å². The first-order valence-corrected chi connectivity index (χ1v) is 8.20. The molecule has 1 saturated carbocycles. The number of rotatable bonds is 5. The third-order valence-corrected chi connectivity index (χ3v) is 4.18. The Morgan fingerprint density at radius 1 is 1.19 bits per heavy atom. The van der Waals surface area contributed by atoms with Crippen LogP contribution in [0.1, 0.15) is 24.3 Å². The molecule has 0 unspecified atom stereocenters. The number of urea groups is 1. The first-order valence-electron chi connectivity index (χ1n) is 8.20. The molecule has 1 aromatic carbocycles. The Morgan fingerprint density at radius 2 is 1.85 bits per heavy atom. The van der Waals surface area contributed by atoms with E-state index in [0.29, 0.717) is 18.0 Å². The van der Waals surface area contributed by atoms with Crippen molar-refractivity contribution >= 4 is 6.03 Å². The summed E-state index contributed by atoms with van der Waals surface area (Å²) in [5.74, 6) is -0.883. The van der Waals surface area contributed by atoms with E-state index in [4.69, 9.17) is 0 Å². The quantitative estimate of drug-likeness (QED) is 0.808. The maximum absolute atomic E-state index is 12.5. The third kappa shape index (κ3) is 4.33. The number of carbonyl (C=O) groups is 1. The predicted octanol–water partition coefficient (Wildman–Crippen LogP) is 3.65. The number of hydrogen-bond donors (Lipinski definition) is 0. The Labute approximate surface area is 148 Å². The van der Waals surface area contributed by atoms with Crippen molar-refractivity contribution in [2.45, 2.75) is 25.6 Å². The van der Waals surface area contributed by atoms with E-state index in [2.05, 4.69) is 14.7 Å². The molecule has 0 radical (unpaired) electrons. The van der Waals surface area contributed by atoms with E-state index in [1.807, 2.05) is 0 Å². The number of alkyl halides is 3. The third-order valence-electron chi connectivity index (χ3n) is 4.18. The van der Waals surface area contributed by atoms with E-state index in [0.717, 1.165) is 12.1 Å². The van der Waals surface area contributed by atoms with Crippen LogP contribution in [0.15, 0.2) is 28.8 Å². The summed E-state index contributed by atoms with van der Waals surface area (Å²) in [7, 11) is 3.50. The highest BCUT2D eigenvalue weighted by atomic mass is 19.4. The molecular formula is C17H19F3N4O2. The Balaban J connectivity index is 1.62. The van der Waals surface area contributed by atoms with E-state index in [1.54, 1.807) is 48.2 Å². The van der Waals surface area contributed by atoms with E-state index in [9.17, 15) is 18.0 Å². The number of aromatic nitrogens is 2. The van der Waals surface area contributed by atoms with Gasteiger partial charge in [0.25, 0.3) is 0 Å². The van der Waals surface area contributed by atoms with E-state index < -0.39 is 12.1 Å². The van der Waals surface area contributed by atoms with Gasteiger partial charge in [-0.15, -0.1) is 0 Å². The van der Waals surface area contributed by atoms with Crippen LogP contribution in [-0.4, -0.2) is 46.6 Å². The minimum absolute atomic E-state index is 0.0611. The fraction of sp³-hybridized carbons (Fsp3) is 0.471. The number of carbonyl (C=O) groups excluding carboxylic acids is 1. The van der Waals surface area contributed by atoms with E-state index in [1.165, 1.54) is 12.8 Å². The molecule has 26 heavy (non-hydrogen) atoms. The van der Waals surface area contributed by atoms with Crippen LogP contribution in [0, 0.1) is 5.92 Å². The molecule has 0 N–H and O–H groups in total. The molecule has 0 aliphatic heterocycles. The molecule has 2 aromatic rings. The Hall–Kier alpha value is -2.58. The van der Waals surface area contributed by atoms with Crippen molar-refractivity contribution in [3.05, 3.63) is 35.7 Å². The lowest BCUT2D eigenvalue weighted by Gasteiger charge is -2.25. The molecule has 1 fully saturated rings. The summed E-state index contributed by atoms with van der Waals surface area (Å²) in [4.78, 5) is 19.0. The SMILES string of the molecule is CN(Cc1ccc(-c2noc(C(F)(F)F)n2)cc1)C(=O)N(C)CC1CC1. The number of benzene rings is 1. The Bertz CT molecular complexity index is 769. The Morgan fingerprint density at radius 3 is 2.38 bits per heavy atom. The topological polar surface area (TPSA) is 62.5 Å². The second kappa shape index (κ2) is 6.97. The molecule has 1 aliphatic carbocycles. The van der Waals surface area contributed by atoms with Gasteiger partial charge in [-0.3, -0.25) is 0 Å².